The molecule has 2 aromatic heterocycles. The maximum absolute atomic E-state index is 13.2. The number of carbonyl (C=O) groups is 3. The second-order valence-corrected chi connectivity index (χ2v) is 14.1. The maximum atomic E-state index is 13.2. The van der Waals surface area contributed by atoms with Crippen LogP contribution in [-0.2, 0) is 37.6 Å². The molecule has 3 amide bonds. The highest BCUT2D eigenvalue weighted by Gasteiger charge is 2.50. The third-order valence-corrected chi connectivity index (χ3v) is 9.46. The van der Waals surface area contributed by atoms with Crippen LogP contribution in [0.2, 0.25) is 0 Å². The largest absolute Gasteiger partial charge is 0.444 e. The van der Waals surface area contributed by atoms with Crippen LogP contribution in [0.15, 0.2) is 9.59 Å². The zero-order valence-corrected chi connectivity index (χ0v) is 28.7. The van der Waals surface area contributed by atoms with Crippen LogP contribution in [0.1, 0.15) is 105 Å². The molecule has 3 fully saturated rings. The molecular formula is C33H53N7O7. The fourth-order valence-electron chi connectivity index (χ4n) is 6.88. The van der Waals surface area contributed by atoms with E-state index >= 15 is 0 Å². The first-order valence-corrected chi connectivity index (χ1v) is 17.1. The van der Waals surface area contributed by atoms with Gasteiger partial charge in [0.05, 0.1) is 6.61 Å². The summed E-state index contributed by atoms with van der Waals surface area (Å²) in [5, 5.41) is 8.17. The molecule has 2 bridgehead atoms. The topological polar surface area (TPSA) is 178 Å². The molecule has 47 heavy (non-hydrogen) atoms. The van der Waals surface area contributed by atoms with Gasteiger partial charge in [0.15, 0.2) is 5.65 Å². The number of carbonyl (C=O) groups excluding carboxylic acids is 3. The summed E-state index contributed by atoms with van der Waals surface area (Å²) in [5.41, 5.74) is -0.297. The summed E-state index contributed by atoms with van der Waals surface area (Å²) in [5.74, 6) is 0.488. The van der Waals surface area contributed by atoms with Crippen LogP contribution in [0.3, 0.4) is 0 Å². The number of nitrogens with one attached hydrogen (secondary N) is 4. The molecule has 2 heterocycles. The Morgan fingerprint density at radius 1 is 0.872 bits per heavy atom. The van der Waals surface area contributed by atoms with Gasteiger partial charge in [-0.15, -0.1) is 0 Å². The number of aryl methyl sites for hydroxylation is 1. The Labute approximate surface area is 275 Å². The Morgan fingerprint density at radius 3 is 2.11 bits per heavy atom. The third-order valence-electron chi connectivity index (χ3n) is 9.46. The summed E-state index contributed by atoms with van der Waals surface area (Å²) in [6.07, 6.45) is 7.93. The van der Waals surface area contributed by atoms with E-state index < -0.39 is 11.7 Å². The van der Waals surface area contributed by atoms with Crippen LogP contribution in [0.25, 0.3) is 11.2 Å². The number of ether oxygens (including phenoxy) is 2. The van der Waals surface area contributed by atoms with Gasteiger partial charge < -0.3 is 30.4 Å². The van der Waals surface area contributed by atoms with Crippen molar-refractivity contribution in [1.29, 1.82) is 0 Å². The van der Waals surface area contributed by atoms with E-state index in [1.165, 1.54) is 4.57 Å². The summed E-state index contributed by atoms with van der Waals surface area (Å²) in [4.78, 5) is 70.8. The van der Waals surface area contributed by atoms with Crippen LogP contribution in [0.5, 0.6) is 0 Å². The molecule has 0 saturated heterocycles. The summed E-state index contributed by atoms with van der Waals surface area (Å²) < 4.78 is 13.4. The Morgan fingerprint density at radius 2 is 1.49 bits per heavy atom. The number of aromatic nitrogens is 4. The van der Waals surface area contributed by atoms with Crippen LogP contribution in [-0.4, -0.2) is 75.5 Å². The lowest BCUT2D eigenvalue weighted by Gasteiger charge is -2.52. The average Bonchev–Trinajstić information content (AvgIpc) is 3.49. The second-order valence-electron chi connectivity index (χ2n) is 14.1. The van der Waals surface area contributed by atoms with Crippen molar-refractivity contribution < 1.29 is 23.9 Å². The first-order valence-electron chi connectivity index (χ1n) is 17.1. The summed E-state index contributed by atoms with van der Waals surface area (Å²) in [7, 11) is 0. The van der Waals surface area contributed by atoms with Crippen molar-refractivity contribution in [1.82, 2.24) is 35.1 Å². The molecule has 14 heteroatoms. The molecule has 0 radical (unpaired) electrons. The van der Waals surface area contributed by atoms with E-state index in [4.69, 9.17) is 14.5 Å². The van der Waals surface area contributed by atoms with Crippen LogP contribution < -0.4 is 27.2 Å². The number of imidazole rings is 1. The smallest absolute Gasteiger partial charge is 0.407 e. The van der Waals surface area contributed by atoms with Gasteiger partial charge in [-0.1, -0.05) is 13.8 Å². The van der Waals surface area contributed by atoms with E-state index in [1.54, 1.807) is 25.3 Å². The number of fused-ring (bicyclic) bond motifs is 4. The normalized spacial score (nSPS) is 20.7. The second kappa shape index (κ2) is 15.5. The summed E-state index contributed by atoms with van der Waals surface area (Å²) in [6.45, 7) is 11.1. The Bertz CT molecular complexity index is 1510. The molecule has 3 aliphatic carbocycles. The number of alkyl carbamates (subject to hydrolysis) is 1. The molecule has 0 spiro atoms. The van der Waals surface area contributed by atoms with E-state index in [0.29, 0.717) is 50.2 Å². The van der Waals surface area contributed by atoms with Gasteiger partial charge in [-0.25, -0.2) is 14.6 Å². The molecule has 3 saturated carbocycles. The maximum Gasteiger partial charge on any atom is 0.407 e. The molecule has 0 atom stereocenters. The van der Waals surface area contributed by atoms with Crippen molar-refractivity contribution in [3.05, 3.63) is 26.7 Å². The van der Waals surface area contributed by atoms with Crippen molar-refractivity contribution in [3.8, 4) is 0 Å². The fourth-order valence-corrected chi connectivity index (χ4v) is 6.88. The Balaban J connectivity index is 1.18. The van der Waals surface area contributed by atoms with E-state index in [-0.39, 0.29) is 53.7 Å². The molecular weight excluding hydrogens is 606 g/mol. The quantitative estimate of drug-likeness (QED) is 0.199. The minimum Gasteiger partial charge on any atom is -0.444 e. The van der Waals surface area contributed by atoms with E-state index in [1.807, 2.05) is 13.8 Å². The van der Waals surface area contributed by atoms with Gasteiger partial charge in [-0.2, -0.15) is 0 Å². The van der Waals surface area contributed by atoms with E-state index in [0.717, 1.165) is 57.2 Å². The summed E-state index contributed by atoms with van der Waals surface area (Å²) >= 11 is 0. The number of amides is 3. The lowest BCUT2D eigenvalue weighted by molar-refractivity contribution is -0.126. The van der Waals surface area contributed by atoms with E-state index in [9.17, 15) is 24.0 Å². The number of aromatic amines is 1. The Hall–Kier alpha value is -3.68. The van der Waals surface area contributed by atoms with Crippen molar-refractivity contribution >= 4 is 29.1 Å². The lowest BCUT2D eigenvalue weighted by atomic mass is 9.52. The first kappa shape index (κ1) is 36.2. The SMILES string of the molecule is CCCn1c(=O)c2[nH]c(C34CCC(CCC(=O)NCCNC(=O)COCCNC(=O)OC(C)(C)C)(CC3)CC4)nc2n(CCC)c1=O. The van der Waals surface area contributed by atoms with Gasteiger partial charge in [0.1, 0.15) is 23.5 Å². The van der Waals surface area contributed by atoms with Crippen LogP contribution >= 0.6 is 0 Å². The predicted octanol–water partition coefficient (Wildman–Crippen LogP) is 2.85. The van der Waals surface area contributed by atoms with Crippen molar-refractivity contribution in [2.75, 3.05) is 32.8 Å². The van der Waals surface area contributed by atoms with Gasteiger partial charge in [0.25, 0.3) is 5.56 Å². The molecule has 2 aromatic rings. The van der Waals surface area contributed by atoms with Crippen molar-refractivity contribution in [2.45, 2.75) is 123 Å². The molecule has 0 aliphatic heterocycles. The number of H-pyrrole nitrogens is 1. The predicted molar refractivity (Wildman–Crippen MR) is 177 cm³/mol. The monoisotopic (exact) mass is 659 g/mol. The van der Waals surface area contributed by atoms with Gasteiger partial charge >= 0.3 is 11.8 Å². The number of hydrogen-bond acceptors (Lipinski definition) is 8. The minimum absolute atomic E-state index is 0.0324. The highest BCUT2D eigenvalue weighted by atomic mass is 16.6. The average molecular weight is 660 g/mol. The number of nitrogens with zero attached hydrogens (tertiary/aromatic N) is 3. The fraction of sp³-hybridized carbons (Fsp3) is 0.758. The highest BCUT2D eigenvalue weighted by molar-refractivity contribution is 5.78. The minimum atomic E-state index is -0.580. The first-order chi connectivity index (χ1) is 22.3. The van der Waals surface area contributed by atoms with Crippen molar-refractivity contribution in [3.63, 3.8) is 0 Å². The standard InChI is InChI=1S/C33H53N7O7/c1-6-19-39-26-25(27(43)40(20-7-2)30(39)45)37-28(38-26)33-13-10-32(11-14-33,12-15-33)9-8-23(41)34-16-17-35-24(42)22-46-21-18-36-29(44)47-31(3,4)5/h6-22H2,1-5H3,(H,34,41)(H,35,42)(H,36,44)(H,37,38). The molecule has 0 aromatic carbocycles. The molecule has 5 rings (SSSR count). The third kappa shape index (κ3) is 9.02. The molecule has 14 nitrogen and oxygen atoms in total. The lowest BCUT2D eigenvalue weighted by Crippen LogP contribution is -2.45. The molecule has 0 unspecified atom stereocenters. The van der Waals surface area contributed by atoms with Gasteiger partial charge in [-0.05, 0) is 84.0 Å². The zero-order valence-electron chi connectivity index (χ0n) is 28.7. The van der Waals surface area contributed by atoms with Crippen LogP contribution in [0.4, 0.5) is 4.79 Å². The zero-order chi connectivity index (χ0) is 34.2. The number of rotatable bonds is 16. The molecule has 3 aliphatic rings. The molecule has 262 valence electrons. The highest BCUT2D eigenvalue weighted by Crippen LogP contribution is 2.59. The molecule has 4 N–H and O–H groups in total. The van der Waals surface area contributed by atoms with Crippen LogP contribution in [0, 0.1) is 5.41 Å². The van der Waals surface area contributed by atoms with E-state index in [2.05, 4.69) is 20.9 Å². The number of hydrogen-bond donors (Lipinski definition) is 4. The van der Waals surface area contributed by atoms with Gasteiger partial charge in [0, 0.05) is 44.6 Å². The Kier molecular flexibility index (Phi) is 11.9. The van der Waals surface area contributed by atoms with Gasteiger partial charge in [-0.3, -0.25) is 23.5 Å². The van der Waals surface area contributed by atoms with Crippen molar-refractivity contribution in [2.24, 2.45) is 5.41 Å². The summed E-state index contributed by atoms with van der Waals surface area (Å²) in [6, 6.07) is 0. The van der Waals surface area contributed by atoms with Gasteiger partial charge in [0.2, 0.25) is 11.8 Å².